The van der Waals surface area contributed by atoms with Crippen LogP contribution in [-0.4, -0.2) is 13.1 Å². The zero-order chi connectivity index (χ0) is 13.9. The second-order valence-corrected chi connectivity index (χ2v) is 4.90. The molecule has 19 heavy (non-hydrogen) atoms. The Morgan fingerprint density at radius 3 is 2.42 bits per heavy atom. The zero-order valence-corrected chi connectivity index (χ0v) is 11.5. The highest BCUT2D eigenvalue weighted by atomic mass is 16.5. The van der Waals surface area contributed by atoms with Crippen molar-refractivity contribution in [1.82, 2.24) is 0 Å². The summed E-state index contributed by atoms with van der Waals surface area (Å²) in [7, 11) is 1.40. The van der Waals surface area contributed by atoms with Crippen LogP contribution in [0.5, 0.6) is 0 Å². The molecule has 1 atom stereocenters. The summed E-state index contributed by atoms with van der Waals surface area (Å²) in [5.74, 6) is 1.14. The minimum Gasteiger partial charge on any atom is -0.468 e. The number of esters is 1. The standard InChI is InChI=1S/C16H18O3/c1-12-9-10-14(19-12)16(2,15(17)18-3)11-13-7-5-4-6-8-13/h4-10H,11H2,1-3H3. The van der Waals surface area contributed by atoms with Gasteiger partial charge < -0.3 is 9.15 Å². The molecule has 0 N–H and O–H groups in total. The number of furan rings is 1. The van der Waals surface area contributed by atoms with Gasteiger partial charge in [-0.25, -0.2) is 0 Å². The zero-order valence-electron chi connectivity index (χ0n) is 11.5. The van der Waals surface area contributed by atoms with Crippen LogP contribution in [0.3, 0.4) is 0 Å². The van der Waals surface area contributed by atoms with Crippen molar-refractivity contribution < 1.29 is 13.9 Å². The van der Waals surface area contributed by atoms with E-state index in [2.05, 4.69) is 0 Å². The summed E-state index contributed by atoms with van der Waals surface area (Å²) in [5, 5.41) is 0. The molecular formula is C16H18O3. The van der Waals surface area contributed by atoms with Crippen LogP contribution in [0.15, 0.2) is 46.9 Å². The Hall–Kier alpha value is -2.03. The van der Waals surface area contributed by atoms with Crippen LogP contribution in [-0.2, 0) is 21.4 Å². The molecule has 0 aliphatic rings. The Kier molecular flexibility index (Phi) is 3.74. The average Bonchev–Trinajstić information content (AvgIpc) is 2.86. The summed E-state index contributed by atoms with van der Waals surface area (Å²) in [5.41, 5.74) is 0.272. The topological polar surface area (TPSA) is 39.4 Å². The van der Waals surface area contributed by atoms with E-state index in [-0.39, 0.29) is 5.97 Å². The van der Waals surface area contributed by atoms with Crippen LogP contribution >= 0.6 is 0 Å². The first-order valence-corrected chi connectivity index (χ1v) is 6.25. The highest BCUT2D eigenvalue weighted by molar-refractivity contribution is 5.82. The Balaban J connectivity index is 2.38. The molecule has 1 aromatic carbocycles. The number of methoxy groups -OCH3 is 1. The second kappa shape index (κ2) is 5.31. The maximum absolute atomic E-state index is 12.2. The van der Waals surface area contributed by atoms with Gasteiger partial charge in [0.1, 0.15) is 16.9 Å². The van der Waals surface area contributed by atoms with Gasteiger partial charge in [0.25, 0.3) is 0 Å². The predicted molar refractivity (Wildman–Crippen MR) is 73.0 cm³/mol. The van der Waals surface area contributed by atoms with Crippen molar-refractivity contribution in [1.29, 1.82) is 0 Å². The van der Waals surface area contributed by atoms with Gasteiger partial charge in [-0.1, -0.05) is 30.3 Å². The fourth-order valence-electron chi connectivity index (χ4n) is 2.22. The Labute approximate surface area is 113 Å². The van der Waals surface area contributed by atoms with E-state index in [1.54, 1.807) is 0 Å². The molecule has 0 bridgehead atoms. The summed E-state index contributed by atoms with van der Waals surface area (Å²) in [4.78, 5) is 12.2. The number of carbonyl (C=O) groups excluding carboxylic acids is 1. The maximum atomic E-state index is 12.2. The molecule has 3 nitrogen and oxygen atoms in total. The van der Waals surface area contributed by atoms with E-state index in [0.717, 1.165) is 11.3 Å². The van der Waals surface area contributed by atoms with E-state index in [1.807, 2.05) is 56.3 Å². The minimum absolute atomic E-state index is 0.286. The molecule has 1 unspecified atom stereocenters. The molecular weight excluding hydrogens is 240 g/mol. The number of benzene rings is 1. The molecule has 0 saturated carbocycles. The van der Waals surface area contributed by atoms with Crippen LogP contribution in [0.4, 0.5) is 0 Å². The van der Waals surface area contributed by atoms with E-state index in [0.29, 0.717) is 12.2 Å². The number of carbonyl (C=O) groups is 1. The monoisotopic (exact) mass is 258 g/mol. The molecule has 2 aromatic rings. The third-order valence-electron chi connectivity index (χ3n) is 3.32. The minimum atomic E-state index is -0.801. The highest BCUT2D eigenvalue weighted by Crippen LogP contribution is 2.31. The van der Waals surface area contributed by atoms with E-state index < -0.39 is 5.41 Å². The van der Waals surface area contributed by atoms with E-state index >= 15 is 0 Å². The largest absolute Gasteiger partial charge is 0.468 e. The summed E-state index contributed by atoms with van der Waals surface area (Å²) in [6.07, 6.45) is 0.549. The van der Waals surface area contributed by atoms with Crippen molar-refractivity contribution in [3.8, 4) is 0 Å². The summed E-state index contributed by atoms with van der Waals surface area (Å²) < 4.78 is 10.6. The molecule has 0 aliphatic heterocycles. The van der Waals surface area contributed by atoms with E-state index in [9.17, 15) is 4.79 Å². The van der Waals surface area contributed by atoms with Crippen LogP contribution in [0.25, 0.3) is 0 Å². The molecule has 100 valence electrons. The highest BCUT2D eigenvalue weighted by Gasteiger charge is 2.39. The van der Waals surface area contributed by atoms with Gasteiger partial charge in [0.2, 0.25) is 0 Å². The molecule has 0 amide bonds. The van der Waals surface area contributed by atoms with Crippen LogP contribution < -0.4 is 0 Å². The Morgan fingerprint density at radius 1 is 1.21 bits per heavy atom. The molecule has 1 aromatic heterocycles. The van der Waals surface area contributed by atoms with Gasteiger partial charge in [-0.15, -0.1) is 0 Å². The van der Waals surface area contributed by atoms with Crippen molar-refractivity contribution >= 4 is 5.97 Å². The number of rotatable bonds is 4. The normalized spacial score (nSPS) is 13.8. The SMILES string of the molecule is COC(=O)C(C)(Cc1ccccc1)c1ccc(C)o1. The molecule has 3 heteroatoms. The van der Waals surface area contributed by atoms with E-state index in [4.69, 9.17) is 9.15 Å². The second-order valence-electron chi connectivity index (χ2n) is 4.90. The number of hydrogen-bond acceptors (Lipinski definition) is 3. The third kappa shape index (κ3) is 2.70. The Bertz CT molecular complexity index is 556. The van der Waals surface area contributed by atoms with Crippen LogP contribution in [0.2, 0.25) is 0 Å². The van der Waals surface area contributed by atoms with E-state index in [1.165, 1.54) is 7.11 Å². The molecule has 0 fully saturated rings. The lowest BCUT2D eigenvalue weighted by Gasteiger charge is -2.24. The smallest absolute Gasteiger partial charge is 0.319 e. The molecule has 0 radical (unpaired) electrons. The van der Waals surface area contributed by atoms with Crippen molar-refractivity contribution in [3.05, 3.63) is 59.5 Å². The van der Waals surface area contributed by atoms with Gasteiger partial charge in [-0.3, -0.25) is 4.79 Å². The van der Waals surface area contributed by atoms with Crippen molar-refractivity contribution in [3.63, 3.8) is 0 Å². The van der Waals surface area contributed by atoms with Gasteiger partial charge in [-0.05, 0) is 38.0 Å². The first-order valence-electron chi connectivity index (χ1n) is 6.25. The Morgan fingerprint density at radius 2 is 1.89 bits per heavy atom. The summed E-state index contributed by atoms with van der Waals surface area (Å²) >= 11 is 0. The van der Waals surface area contributed by atoms with Gasteiger partial charge in [0, 0.05) is 0 Å². The lowest BCUT2D eigenvalue weighted by atomic mass is 9.81. The molecule has 2 rings (SSSR count). The lowest BCUT2D eigenvalue weighted by Crippen LogP contribution is -2.35. The van der Waals surface area contributed by atoms with Crippen LogP contribution in [0, 0.1) is 6.92 Å². The third-order valence-corrected chi connectivity index (χ3v) is 3.32. The van der Waals surface area contributed by atoms with Gasteiger partial charge in [0.15, 0.2) is 0 Å². The predicted octanol–water partition coefficient (Wildman–Crippen LogP) is 3.26. The molecule has 1 heterocycles. The molecule has 0 aliphatic carbocycles. The lowest BCUT2D eigenvalue weighted by molar-refractivity contribution is -0.147. The van der Waals surface area contributed by atoms with Crippen molar-refractivity contribution in [2.24, 2.45) is 0 Å². The van der Waals surface area contributed by atoms with Gasteiger partial charge >= 0.3 is 5.97 Å². The quantitative estimate of drug-likeness (QED) is 0.790. The fraction of sp³-hybridized carbons (Fsp3) is 0.312. The first kappa shape index (κ1) is 13.4. The van der Waals surface area contributed by atoms with Crippen molar-refractivity contribution in [2.75, 3.05) is 7.11 Å². The van der Waals surface area contributed by atoms with Gasteiger partial charge in [0.05, 0.1) is 7.11 Å². The van der Waals surface area contributed by atoms with Gasteiger partial charge in [-0.2, -0.15) is 0 Å². The molecule has 0 saturated heterocycles. The summed E-state index contributed by atoms with van der Waals surface area (Å²) in [6, 6.07) is 13.6. The van der Waals surface area contributed by atoms with Crippen LogP contribution in [0.1, 0.15) is 24.0 Å². The average molecular weight is 258 g/mol. The maximum Gasteiger partial charge on any atom is 0.319 e. The number of ether oxygens (including phenoxy) is 1. The first-order chi connectivity index (χ1) is 9.06. The number of hydrogen-bond donors (Lipinski definition) is 0. The fourth-order valence-corrected chi connectivity index (χ4v) is 2.22. The summed E-state index contributed by atoms with van der Waals surface area (Å²) in [6.45, 7) is 3.72. The molecule has 0 spiro atoms. The van der Waals surface area contributed by atoms with Crippen molar-refractivity contribution in [2.45, 2.75) is 25.7 Å². The number of aryl methyl sites for hydroxylation is 1.